The second kappa shape index (κ2) is 5.42. The predicted octanol–water partition coefficient (Wildman–Crippen LogP) is 3.34. The molecule has 1 aromatic rings. The number of aryl methyl sites for hydroxylation is 2. The third kappa shape index (κ3) is 3.02. The Morgan fingerprint density at radius 1 is 1.40 bits per heavy atom. The molecule has 108 valence electrons. The molecule has 2 atom stereocenters. The van der Waals surface area contributed by atoms with E-state index in [0.717, 1.165) is 42.4 Å². The number of hydrogen-bond donors (Lipinski definition) is 1. The van der Waals surface area contributed by atoms with Gasteiger partial charge in [0.25, 0.3) is 5.22 Å². The summed E-state index contributed by atoms with van der Waals surface area (Å²) in [5.74, 6) is 0.894. The quantitative estimate of drug-likeness (QED) is 0.922. The van der Waals surface area contributed by atoms with Crippen LogP contribution in [-0.2, 0) is 0 Å². The molecule has 0 amide bonds. The van der Waals surface area contributed by atoms with Crippen LogP contribution >= 0.6 is 11.8 Å². The second-order valence-corrected chi connectivity index (χ2v) is 7.32. The summed E-state index contributed by atoms with van der Waals surface area (Å²) >= 11 is 1.70. The van der Waals surface area contributed by atoms with Crippen LogP contribution in [0.2, 0.25) is 0 Å². The Kier molecular flexibility index (Phi) is 3.78. The van der Waals surface area contributed by atoms with Crippen LogP contribution in [-0.4, -0.2) is 21.8 Å². The Hall–Kier alpha value is -0.990. The third-order valence-electron chi connectivity index (χ3n) is 4.25. The van der Waals surface area contributed by atoms with E-state index in [1.165, 1.54) is 12.8 Å². The summed E-state index contributed by atoms with van der Waals surface area (Å²) in [6.07, 6.45) is 6.55. The highest BCUT2D eigenvalue weighted by Gasteiger charge is 2.41. The van der Waals surface area contributed by atoms with E-state index in [4.69, 9.17) is 4.42 Å². The van der Waals surface area contributed by atoms with Gasteiger partial charge in [0.1, 0.15) is 11.3 Å². The van der Waals surface area contributed by atoms with Gasteiger partial charge >= 0.3 is 0 Å². The monoisotopic (exact) mass is 291 g/mol. The molecule has 0 aromatic carbocycles. The van der Waals surface area contributed by atoms with Gasteiger partial charge in [0.2, 0.25) is 0 Å². The standard InChI is InChI=1S/C15H21N3OS/c1-10-11(2)19-14(17-10)20-13-4-3-7-15(8-13,9-16)18-12-5-6-12/h12-13,18H,3-8H2,1-2H3. The van der Waals surface area contributed by atoms with Crippen molar-refractivity contribution in [3.63, 3.8) is 0 Å². The smallest absolute Gasteiger partial charge is 0.256 e. The Morgan fingerprint density at radius 2 is 2.20 bits per heavy atom. The summed E-state index contributed by atoms with van der Waals surface area (Å²) in [4.78, 5) is 4.44. The van der Waals surface area contributed by atoms with Crippen molar-refractivity contribution in [1.82, 2.24) is 10.3 Å². The molecule has 3 rings (SSSR count). The van der Waals surface area contributed by atoms with Crippen LogP contribution in [0.5, 0.6) is 0 Å². The van der Waals surface area contributed by atoms with Crippen LogP contribution in [0.1, 0.15) is 50.0 Å². The van der Waals surface area contributed by atoms with Crippen LogP contribution in [0.4, 0.5) is 0 Å². The van der Waals surface area contributed by atoms with Crippen molar-refractivity contribution in [2.45, 2.75) is 74.4 Å². The lowest BCUT2D eigenvalue weighted by Gasteiger charge is -2.35. The summed E-state index contributed by atoms with van der Waals surface area (Å²) in [6.45, 7) is 3.92. The van der Waals surface area contributed by atoms with Gasteiger partial charge in [-0.3, -0.25) is 5.32 Å². The predicted molar refractivity (Wildman–Crippen MR) is 78.6 cm³/mol. The van der Waals surface area contributed by atoms with Gasteiger partial charge in [0.15, 0.2) is 0 Å². The second-order valence-electron chi connectivity index (χ2n) is 6.07. The van der Waals surface area contributed by atoms with Gasteiger partial charge in [-0.2, -0.15) is 5.26 Å². The highest BCUT2D eigenvalue weighted by Crippen LogP contribution is 2.39. The Labute approximate surface area is 124 Å². The first-order valence-electron chi connectivity index (χ1n) is 7.40. The minimum atomic E-state index is -0.326. The number of nitrogens with one attached hydrogen (secondary N) is 1. The van der Waals surface area contributed by atoms with Crippen LogP contribution in [0, 0.1) is 25.2 Å². The minimum absolute atomic E-state index is 0.326. The van der Waals surface area contributed by atoms with Crippen LogP contribution in [0.3, 0.4) is 0 Å². The van der Waals surface area contributed by atoms with Crippen LogP contribution in [0.15, 0.2) is 9.64 Å². The van der Waals surface area contributed by atoms with E-state index in [9.17, 15) is 5.26 Å². The lowest BCUT2D eigenvalue weighted by molar-refractivity contribution is 0.300. The van der Waals surface area contributed by atoms with E-state index in [1.54, 1.807) is 11.8 Å². The number of oxazole rings is 1. The molecule has 1 N–H and O–H groups in total. The van der Waals surface area contributed by atoms with E-state index >= 15 is 0 Å². The van der Waals surface area contributed by atoms with Crippen LogP contribution in [0.25, 0.3) is 0 Å². The van der Waals surface area contributed by atoms with E-state index in [2.05, 4.69) is 16.4 Å². The summed E-state index contributed by atoms with van der Waals surface area (Å²) in [6, 6.07) is 3.12. The fourth-order valence-corrected chi connectivity index (χ4v) is 4.14. The molecule has 0 spiro atoms. The maximum atomic E-state index is 9.59. The normalized spacial score (nSPS) is 30.1. The lowest BCUT2D eigenvalue weighted by atomic mass is 9.82. The minimum Gasteiger partial charge on any atom is -0.437 e. The molecule has 0 saturated heterocycles. The number of aromatic nitrogens is 1. The number of nitrogens with zero attached hydrogens (tertiary/aromatic N) is 2. The first-order chi connectivity index (χ1) is 9.60. The van der Waals surface area contributed by atoms with Gasteiger partial charge in [-0.05, 0) is 52.4 Å². The van der Waals surface area contributed by atoms with E-state index in [-0.39, 0.29) is 5.54 Å². The largest absolute Gasteiger partial charge is 0.437 e. The van der Waals surface area contributed by atoms with Gasteiger partial charge in [-0.1, -0.05) is 11.8 Å². The van der Waals surface area contributed by atoms with Crippen molar-refractivity contribution in [2.75, 3.05) is 0 Å². The highest BCUT2D eigenvalue weighted by molar-refractivity contribution is 7.99. The van der Waals surface area contributed by atoms with Crippen molar-refractivity contribution < 1.29 is 4.42 Å². The summed E-state index contributed by atoms with van der Waals surface area (Å²) < 4.78 is 5.66. The van der Waals surface area contributed by atoms with Crippen molar-refractivity contribution in [3.05, 3.63) is 11.5 Å². The van der Waals surface area contributed by atoms with Gasteiger partial charge < -0.3 is 4.42 Å². The van der Waals surface area contributed by atoms with Gasteiger partial charge in [-0.25, -0.2) is 4.98 Å². The maximum absolute atomic E-state index is 9.59. The zero-order chi connectivity index (χ0) is 14.2. The fraction of sp³-hybridized carbons (Fsp3) is 0.733. The molecule has 2 saturated carbocycles. The third-order valence-corrected chi connectivity index (χ3v) is 5.37. The molecule has 4 nitrogen and oxygen atoms in total. The molecule has 2 aliphatic rings. The molecular weight excluding hydrogens is 270 g/mol. The Balaban J connectivity index is 1.66. The Bertz CT molecular complexity index is 512. The molecule has 1 aromatic heterocycles. The van der Waals surface area contributed by atoms with Crippen molar-refractivity contribution in [3.8, 4) is 6.07 Å². The maximum Gasteiger partial charge on any atom is 0.256 e. The summed E-state index contributed by atoms with van der Waals surface area (Å²) in [7, 11) is 0. The number of thioether (sulfide) groups is 1. The molecule has 0 aliphatic heterocycles. The van der Waals surface area contributed by atoms with Crippen LogP contribution < -0.4 is 5.32 Å². The molecule has 2 aliphatic carbocycles. The summed E-state index contributed by atoms with van der Waals surface area (Å²) in [5.41, 5.74) is 0.638. The molecule has 1 heterocycles. The zero-order valence-corrected chi connectivity index (χ0v) is 12.9. The van der Waals surface area contributed by atoms with Crippen molar-refractivity contribution >= 4 is 11.8 Å². The fourth-order valence-electron chi connectivity index (χ4n) is 2.84. The number of rotatable bonds is 4. The SMILES string of the molecule is Cc1nc(SC2CCCC(C#N)(NC3CC3)C2)oc1C. The van der Waals surface area contributed by atoms with Crippen molar-refractivity contribution in [2.24, 2.45) is 0 Å². The van der Waals surface area contributed by atoms with Gasteiger partial charge in [0, 0.05) is 11.3 Å². The zero-order valence-electron chi connectivity index (χ0n) is 12.1. The molecular formula is C15H21N3OS. The van der Waals surface area contributed by atoms with E-state index in [0.29, 0.717) is 11.3 Å². The summed E-state index contributed by atoms with van der Waals surface area (Å²) in [5, 5.41) is 14.3. The topological polar surface area (TPSA) is 61.9 Å². The molecule has 20 heavy (non-hydrogen) atoms. The number of hydrogen-bond acceptors (Lipinski definition) is 5. The lowest BCUT2D eigenvalue weighted by Crippen LogP contribution is -2.49. The number of nitriles is 1. The first-order valence-corrected chi connectivity index (χ1v) is 8.28. The van der Waals surface area contributed by atoms with Crippen molar-refractivity contribution in [1.29, 1.82) is 5.26 Å². The van der Waals surface area contributed by atoms with Gasteiger partial charge in [-0.15, -0.1) is 0 Å². The van der Waals surface area contributed by atoms with E-state index < -0.39 is 0 Å². The Morgan fingerprint density at radius 3 is 2.80 bits per heavy atom. The molecule has 2 fully saturated rings. The average molecular weight is 291 g/mol. The van der Waals surface area contributed by atoms with E-state index in [1.807, 2.05) is 13.8 Å². The molecule has 0 radical (unpaired) electrons. The first kappa shape index (κ1) is 14.0. The molecule has 0 bridgehead atoms. The van der Waals surface area contributed by atoms with Gasteiger partial charge in [0.05, 0.1) is 11.8 Å². The average Bonchev–Trinajstić information content (AvgIpc) is 3.16. The molecule has 2 unspecified atom stereocenters. The molecule has 5 heteroatoms. The highest BCUT2D eigenvalue weighted by atomic mass is 32.2.